The normalized spacial score (nSPS) is 15.8. The minimum atomic E-state index is -4.83. The van der Waals surface area contributed by atoms with Crippen LogP contribution in [-0.4, -0.2) is 63.5 Å². The predicted molar refractivity (Wildman–Crippen MR) is 99.6 cm³/mol. The fraction of sp³-hybridized carbons (Fsp3) is 0.375. The van der Waals surface area contributed by atoms with Gasteiger partial charge in [0, 0.05) is 24.6 Å². The molecule has 16 heteroatoms. The van der Waals surface area contributed by atoms with Crippen molar-refractivity contribution in [3.05, 3.63) is 39.4 Å². The van der Waals surface area contributed by atoms with Crippen LogP contribution in [0.4, 0.5) is 5.69 Å². The van der Waals surface area contributed by atoms with Gasteiger partial charge in [0.05, 0.1) is 23.5 Å². The van der Waals surface area contributed by atoms with Crippen molar-refractivity contribution in [3.63, 3.8) is 0 Å². The molecule has 3 amide bonds. The molecular weight excluding hydrogens is 465 g/mol. The monoisotopic (exact) mass is 483 g/mol. The number of carbonyl (C=O) groups excluding carboxylic acids is 4. The third-order valence-electron chi connectivity index (χ3n) is 4.17. The molecule has 1 aliphatic rings. The van der Waals surface area contributed by atoms with E-state index in [-0.39, 0.29) is 72.2 Å². The molecule has 32 heavy (non-hydrogen) atoms. The van der Waals surface area contributed by atoms with Gasteiger partial charge >= 0.3 is 35.5 Å². The van der Waals surface area contributed by atoms with Crippen LogP contribution < -0.4 is 34.9 Å². The molecule has 1 aliphatic heterocycles. The number of aliphatic hydroxyl groups is 1. The molecule has 1 aromatic carbocycles. The fourth-order valence-electron chi connectivity index (χ4n) is 2.63. The molecule has 170 valence electrons. The number of aliphatic hydroxyl groups excluding tert-OH is 1. The van der Waals surface area contributed by atoms with E-state index in [1.54, 1.807) is 0 Å². The maximum Gasteiger partial charge on any atom is 1.00 e. The number of nitro groups is 1. The van der Waals surface area contributed by atoms with Crippen molar-refractivity contribution >= 4 is 39.5 Å². The zero-order valence-electron chi connectivity index (χ0n) is 17.7. The van der Waals surface area contributed by atoms with E-state index in [1.807, 2.05) is 0 Å². The summed E-state index contributed by atoms with van der Waals surface area (Å²) >= 11 is 0. The van der Waals surface area contributed by atoms with Crippen LogP contribution in [-0.2, 0) is 35.9 Å². The second-order valence-electron chi connectivity index (χ2n) is 6.32. The number of amides is 3. The summed E-state index contributed by atoms with van der Waals surface area (Å²) in [5.41, 5.74) is -0.352. The van der Waals surface area contributed by atoms with Gasteiger partial charge < -0.3 is 16.7 Å². The number of hydroxylamine groups is 2. The van der Waals surface area contributed by atoms with E-state index in [0.717, 1.165) is 12.1 Å². The Morgan fingerprint density at radius 3 is 2.53 bits per heavy atom. The molecule has 0 spiro atoms. The van der Waals surface area contributed by atoms with Crippen molar-refractivity contribution in [2.75, 3.05) is 6.54 Å². The summed E-state index contributed by atoms with van der Waals surface area (Å²) in [5, 5.41) is 20.4. The number of hydrogen-bond donors (Lipinski definition) is 3. The van der Waals surface area contributed by atoms with Crippen LogP contribution in [0, 0.1) is 10.1 Å². The average molecular weight is 483 g/mol. The molecule has 0 aromatic heterocycles. The van der Waals surface area contributed by atoms with Crippen LogP contribution in [0.3, 0.4) is 0 Å². The summed E-state index contributed by atoms with van der Waals surface area (Å²) in [4.78, 5) is 61.9. The van der Waals surface area contributed by atoms with Crippen LogP contribution in [0.25, 0.3) is 0 Å². The molecule has 0 aliphatic carbocycles. The van der Waals surface area contributed by atoms with E-state index in [1.165, 1.54) is 6.07 Å². The number of carbonyl (C=O) groups is 4. The van der Waals surface area contributed by atoms with E-state index >= 15 is 0 Å². The van der Waals surface area contributed by atoms with Crippen molar-refractivity contribution in [2.24, 2.45) is 0 Å². The second-order valence-corrected chi connectivity index (χ2v) is 7.91. The number of nitrogens with one attached hydrogen (secondary N) is 1. The van der Waals surface area contributed by atoms with Gasteiger partial charge in [0.25, 0.3) is 33.5 Å². The largest absolute Gasteiger partial charge is 1.00 e. The molecule has 0 saturated carbocycles. The first-order chi connectivity index (χ1) is 14.5. The van der Waals surface area contributed by atoms with E-state index < -0.39 is 57.0 Å². The predicted octanol–water partition coefficient (Wildman–Crippen LogP) is -3.81. The summed E-state index contributed by atoms with van der Waals surface area (Å²) in [7, 11) is -4.83. The van der Waals surface area contributed by atoms with E-state index in [0.29, 0.717) is 0 Å². The van der Waals surface area contributed by atoms with E-state index in [2.05, 4.69) is 10.2 Å². The van der Waals surface area contributed by atoms with Gasteiger partial charge in [-0.1, -0.05) is 0 Å². The van der Waals surface area contributed by atoms with Crippen molar-refractivity contribution < 1.29 is 78.0 Å². The van der Waals surface area contributed by atoms with Crippen LogP contribution >= 0.6 is 0 Å². The first kappa shape index (κ1) is 27.6. The quantitative estimate of drug-likeness (QED) is 0.0773. The summed E-state index contributed by atoms with van der Waals surface area (Å²) in [6.07, 6.45) is -1.19. The van der Waals surface area contributed by atoms with Gasteiger partial charge in [-0.2, -0.15) is 8.42 Å². The third kappa shape index (κ3) is 6.78. The molecule has 1 unspecified atom stereocenters. The number of imide groups is 1. The minimum absolute atomic E-state index is 0. The summed E-state index contributed by atoms with van der Waals surface area (Å²) in [6.45, 7) is -0.690. The Labute approximate surface area is 204 Å². The first-order valence-electron chi connectivity index (χ1n) is 8.66. The van der Waals surface area contributed by atoms with Gasteiger partial charge in [0.2, 0.25) is 0 Å². The fourth-order valence-corrected chi connectivity index (χ4v) is 3.33. The number of rotatable bonds is 9. The molecule has 1 atom stereocenters. The van der Waals surface area contributed by atoms with Crippen molar-refractivity contribution in [1.82, 2.24) is 10.4 Å². The maximum absolute atomic E-state index is 12.1. The molecule has 2 rings (SSSR count). The molecular formula is C16H18N3NaO11S. The van der Waals surface area contributed by atoms with Gasteiger partial charge in [-0.05, 0) is 18.6 Å². The zero-order valence-corrected chi connectivity index (χ0v) is 19.5. The Kier molecular flexibility index (Phi) is 9.87. The molecule has 1 aromatic rings. The molecule has 1 saturated heterocycles. The standard InChI is InChI=1S/C16H17N3O11S.Na.H/c20-8-10-6-9(3-4-11(10)19(25)26)15(23)17-5-1-2-14(22)30-18-13(21)7-12(16(18)24)31(27,28)29;;/h3-4,6,12,20H,1-2,5,7-8H2,(H,17,23)(H,27,28,29);;/q;+1;-1. The molecule has 1 heterocycles. The number of nitro benzene ring substituents is 1. The van der Waals surface area contributed by atoms with Gasteiger partial charge in [-0.15, -0.1) is 5.06 Å². The molecule has 14 nitrogen and oxygen atoms in total. The van der Waals surface area contributed by atoms with Crippen molar-refractivity contribution in [1.29, 1.82) is 0 Å². The van der Waals surface area contributed by atoms with Crippen LogP contribution in [0.2, 0.25) is 0 Å². The van der Waals surface area contributed by atoms with Gasteiger partial charge in [0.15, 0.2) is 5.25 Å². The Morgan fingerprint density at radius 1 is 1.34 bits per heavy atom. The summed E-state index contributed by atoms with van der Waals surface area (Å²) in [6, 6.07) is 3.41. The summed E-state index contributed by atoms with van der Waals surface area (Å²) in [5.74, 6) is -4.16. The minimum Gasteiger partial charge on any atom is -1.00 e. The first-order valence-corrected chi connectivity index (χ1v) is 10.2. The molecule has 1 fully saturated rings. The SMILES string of the molecule is O=C(CCCNC(=O)c1ccc([N+](=O)[O-])c(CO)c1)ON1C(=O)CC(S(=O)(=O)O)C1=O.[H-].[Na+]. The summed E-state index contributed by atoms with van der Waals surface area (Å²) < 4.78 is 31.0. The smallest absolute Gasteiger partial charge is 1.00 e. The molecule has 3 N–H and O–H groups in total. The van der Waals surface area contributed by atoms with E-state index in [4.69, 9.17) is 4.55 Å². The van der Waals surface area contributed by atoms with Crippen molar-refractivity contribution in [2.45, 2.75) is 31.1 Å². The average Bonchev–Trinajstić information content (AvgIpc) is 2.98. The Hall–Kier alpha value is -2.43. The Balaban J connectivity index is 0.00000512. The van der Waals surface area contributed by atoms with Crippen LogP contribution in [0.1, 0.15) is 36.6 Å². The maximum atomic E-state index is 12.1. The third-order valence-corrected chi connectivity index (χ3v) is 5.25. The van der Waals surface area contributed by atoms with Crippen LogP contribution in [0.15, 0.2) is 18.2 Å². The molecule has 0 bridgehead atoms. The number of hydrogen-bond acceptors (Lipinski definition) is 10. The van der Waals surface area contributed by atoms with E-state index in [9.17, 15) is 42.8 Å². The van der Waals surface area contributed by atoms with Gasteiger partial charge in [-0.25, -0.2) is 4.79 Å². The van der Waals surface area contributed by atoms with Gasteiger partial charge in [-0.3, -0.25) is 29.1 Å². The second kappa shape index (κ2) is 11.4. The number of nitrogens with zero attached hydrogens (tertiary/aromatic N) is 2. The topological polar surface area (TPSA) is 211 Å². The van der Waals surface area contributed by atoms with Crippen LogP contribution in [0.5, 0.6) is 0 Å². The molecule has 0 radical (unpaired) electrons. The van der Waals surface area contributed by atoms with Gasteiger partial charge in [0.1, 0.15) is 0 Å². The Morgan fingerprint density at radius 2 is 2.00 bits per heavy atom. The zero-order chi connectivity index (χ0) is 23.3. The number of benzene rings is 1. The Bertz CT molecular complexity index is 1050. The van der Waals surface area contributed by atoms with Crippen molar-refractivity contribution in [3.8, 4) is 0 Å².